The fourth-order valence-corrected chi connectivity index (χ4v) is 3.01. The third-order valence-corrected chi connectivity index (χ3v) is 4.41. The zero-order valence-electron chi connectivity index (χ0n) is 11.4. The van der Waals surface area contributed by atoms with Crippen LogP contribution in [0.2, 0.25) is 0 Å². The maximum Gasteiger partial charge on any atom is 0.188 e. The number of hydrogen-bond donors (Lipinski definition) is 1. The van der Waals surface area contributed by atoms with Gasteiger partial charge in [0.05, 0.1) is 11.7 Å². The van der Waals surface area contributed by atoms with E-state index in [4.69, 9.17) is 9.47 Å². The van der Waals surface area contributed by atoms with E-state index in [1.807, 2.05) is 31.2 Å². The van der Waals surface area contributed by atoms with Gasteiger partial charge in [-0.3, -0.25) is 0 Å². The van der Waals surface area contributed by atoms with Crippen LogP contribution < -0.4 is 0 Å². The third-order valence-electron chi connectivity index (χ3n) is 4.41. The van der Waals surface area contributed by atoms with Crippen molar-refractivity contribution in [3.63, 3.8) is 0 Å². The fourth-order valence-electron chi connectivity index (χ4n) is 3.01. The van der Waals surface area contributed by atoms with Crippen LogP contribution in [0.5, 0.6) is 0 Å². The van der Waals surface area contributed by atoms with E-state index >= 15 is 0 Å². The van der Waals surface area contributed by atoms with Gasteiger partial charge in [0.2, 0.25) is 0 Å². The lowest BCUT2D eigenvalue weighted by Crippen LogP contribution is -2.43. The van der Waals surface area contributed by atoms with Crippen LogP contribution in [-0.4, -0.2) is 29.7 Å². The number of fused-ring (bicyclic) bond motifs is 3. The molecular formula is C16H20O3. The summed E-state index contributed by atoms with van der Waals surface area (Å²) in [4.78, 5) is 0. The van der Waals surface area contributed by atoms with E-state index < -0.39 is 17.5 Å². The number of aliphatic hydroxyl groups is 1. The van der Waals surface area contributed by atoms with Crippen LogP contribution in [0.3, 0.4) is 0 Å². The first-order chi connectivity index (χ1) is 9.07. The van der Waals surface area contributed by atoms with Crippen LogP contribution in [0.25, 0.3) is 6.08 Å². The Bertz CT molecular complexity index is 510. The summed E-state index contributed by atoms with van der Waals surface area (Å²) in [7, 11) is 1.66. The average Bonchev–Trinajstić information content (AvgIpc) is 2.78. The second-order valence-corrected chi connectivity index (χ2v) is 5.68. The van der Waals surface area contributed by atoms with Crippen molar-refractivity contribution < 1.29 is 14.6 Å². The van der Waals surface area contributed by atoms with Crippen molar-refractivity contribution in [3.8, 4) is 0 Å². The lowest BCUT2D eigenvalue weighted by atomic mass is 9.88. The van der Waals surface area contributed by atoms with E-state index in [-0.39, 0.29) is 0 Å². The molecule has 1 N–H and O–H groups in total. The van der Waals surface area contributed by atoms with E-state index in [0.717, 1.165) is 24.0 Å². The highest BCUT2D eigenvalue weighted by atomic mass is 16.7. The number of benzene rings is 1. The van der Waals surface area contributed by atoms with Gasteiger partial charge in [0.25, 0.3) is 0 Å². The Morgan fingerprint density at radius 2 is 2.11 bits per heavy atom. The molecule has 3 nitrogen and oxygen atoms in total. The summed E-state index contributed by atoms with van der Waals surface area (Å²) in [6.07, 6.45) is 5.68. The molecule has 1 aromatic carbocycles. The van der Waals surface area contributed by atoms with Crippen molar-refractivity contribution in [2.45, 2.75) is 43.7 Å². The molecule has 0 aliphatic carbocycles. The van der Waals surface area contributed by atoms with Gasteiger partial charge >= 0.3 is 0 Å². The zero-order valence-corrected chi connectivity index (χ0v) is 11.4. The standard InChI is InChI=1S/C16H20O3/c1-15-9-10-16(18-2,19-15)8-7-12-5-3-4-6-13(12)11-14(15)17/h3-8,14,17H,9-11H2,1-2H3/b8-7-/t14-,15+,16+/m0/s1. The number of methoxy groups -OCH3 is 1. The molecule has 2 heterocycles. The van der Waals surface area contributed by atoms with Crippen LogP contribution in [0.15, 0.2) is 30.3 Å². The third kappa shape index (κ3) is 2.12. The van der Waals surface area contributed by atoms with Gasteiger partial charge in [-0.15, -0.1) is 0 Å². The molecule has 0 aromatic heterocycles. The van der Waals surface area contributed by atoms with Crippen LogP contribution in [-0.2, 0) is 15.9 Å². The molecule has 2 aliphatic heterocycles. The summed E-state index contributed by atoms with van der Waals surface area (Å²) < 4.78 is 11.7. The molecule has 3 rings (SSSR count). The lowest BCUT2D eigenvalue weighted by molar-refractivity contribution is -0.226. The molecule has 0 radical (unpaired) electrons. The average molecular weight is 260 g/mol. The molecular weight excluding hydrogens is 240 g/mol. The van der Waals surface area contributed by atoms with Crippen LogP contribution >= 0.6 is 0 Å². The summed E-state index contributed by atoms with van der Waals surface area (Å²) in [6, 6.07) is 8.13. The second kappa shape index (κ2) is 4.44. The van der Waals surface area contributed by atoms with Crippen LogP contribution in [0.4, 0.5) is 0 Å². The first kappa shape index (κ1) is 12.9. The Balaban J connectivity index is 2.08. The van der Waals surface area contributed by atoms with E-state index in [0.29, 0.717) is 6.42 Å². The van der Waals surface area contributed by atoms with Crippen molar-refractivity contribution in [2.75, 3.05) is 7.11 Å². The van der Waals surface area contributed by atoms with Crippen molar-refractivity contribution in [1.29, 1.82) is 0 Å². The molecule has 2 aliphatic rings. The number of ether oxygens (including phenoxy) is 2. The Labute approximate surface area is 113 Å². The van der Waals surface area contributed by atoms with E-state index in [1.54, 1.807) is 7.11 Å². The molecule has 3 heteroatoms. The molecule has 0 amide bonds. The summed E-state index contributed by atoms with van der Waals surface area (Å²) >= 11 is 0. The summed E-state index contributed by atoms with van der Waals surface area (Å²) in [6.45, 7) is 1.97. The number of aliphatic hydroxyl groups excluding tert-OH is 1. The lowest BCUT2D eigenvalue weighted by Gasteiger charge is -2.33. The van der Waals surface area contributed by atoms with Crippen molar-refractivity contribution in [2.24, 2.45) is 0 Å². The van der Waals surface area contributed by atoms with Gasteiger partial charge in [-0.1, -0.05) is 30.3 Å². The molecule has 0 unspecified atom stereocenters. The Hall–Kier alpha value is -1.16. The van der Waals surface area contributed by atoms with Gasteiger partial charge in [0.1, 0.15) is 0 Å². The maximum atomic E-state index is 10.5. The van der Waals surface area contributed by atoms with Crippen LogP contribution in [0, 0.1) is 0 Å². The highest BCUT2D eigenvalue weighted by Gasteiger charge is 2.49. The minimum atomic E-state index is -0.701. The van der Waals surface area contributed by atoms with Crippen molar-refractivity contribution in [1.82, 2.24) is 0 Å². The molecule has 0 spiro atoms. The van der Waals surface area contributed by atoms with Gasteiger partial charge in [-0.05, 0) is 30.5 Å². The van der Waals surface area contributed by atoms with Crippen molar-refractivity contribution in [3.05, 3.63) is 41.5 Å². The summed E-state index contributed by atoms with van der Waals surface area (Å²) in [5.74, 6) is -0.701. The molecule has 1 fully saturated rings. The van der Waals surface area contributed by atoms with Gasteiger partial charge in [-0.25, -0.2) is 0 Å². The van der Waals surface area contributed by atoms with Gasteiger partial charge in [0.15, 0.2) is 5.79 Å². The Kier molecular flexibility index (Phi) is 3.01. The largest absolute Gasteiger partial charge is 0.390 e. The molecule has 2 bridgehead atoms. The zero-order chi connectivity index (χ0) is 13.5. The minimum Gasteiger partial charge on any atom is -0.390 e. The molecule has 102 valence electrons. The highest BCUT2D eigenvalue weighted by Crippen LogP contribution is 2.43. The fraction of sp³-hybridized carbons (Fsp3) is 0.500. The van der Waals surface area contributed by atoms with Gasteiger partial charge in [0, 0.05) is 20.0 Å². The first-order valence-electron chi connectivity index (χ1n) is 6.77. The van der Waals surface area contributed by atoms with E-state index in [9.17, 15) is 5.11 Å². The topological polar surface area (TPSA) is 38.7 Å². The van der Waals surface area contributed by atoms with Gasteiger partial charge in [-0.2, -0.15) is 0 Å². The molecule has 1 saturated heterocycles. The molecule has 3 atom stereocenters. The highest BCUT2D eigenvalue weighted by molar-refractivity contribution is 5.55. The molecule has 1 aromatic rings. The second-order valence-electron chi connectivity index (χ2n) is 5.68. The number of hydrogen-bond acceptors (Lipinski definition) is 3. The predicted octanol–water partition coefficient (Wildman–Crippen LogP) is 2.53. The quantitative estimate of drug-likeness (QED) is 0.843. The molecule has 0 saturated carbocycles. The maximum absolute atomic E-state index is 10.5. The first-order valence-corrected chi connectivity index (χ1v) is 6.77. The van der Waals surface area contributed by atoms with E-state index in [1.165, 1.54) is 0 Å². The predicted molar refractivity (Wildman–Crippen MR) is 73.7 cm³/mol. The SMILES string of the molecule is CO[C@@]12/C=C\c3ccccc3C[C@H](O)[C@@](C)(CC1)O2. The van der Waals surface area contributed by atoms with Crippen molar-refractivity contribution >= 4 is 6.08 Å². The normalized spacial score (nSPS) is 39.0. The minimum absolute atomic E-state index is 0.523. The van der Waals surface area contributed by atoms with E-state index in [2.05, 4.69) is 12.1 Å². The monoisotopic (exact) mass is 260 g/mol. The molecule has 19 heavy (non-hydrogen) atoms. The Morgan fingerprint density at radius 1 is 1.32 bits per heavy atom. The van der Waals surface area contributed by atoms with Gasteiger partial charge < -0.3 is 14.6 Å². The number of rotatable bonds is 1. The van der Waals surface area contributed by atoms with Crippen LogP contribution in [0.1, 0.15) is 30.9 Å². The Morgan fingerprint density at radius 3 is 2.89 bits per heavy atom. The summed E-state index contributed by atoms with van der Waals surface area (Å²) in [5.41, 5.74) is 1.73. The smallest absolute Gasteiger partial charge is 0.188 e. The summed E-state index contributed by atoms with van der Waals surface area (Å²) in [5, 5.41) is 10.5.